The minimum Gasteiger partial charge on any atom is -0.870 e. The normalized spacial score (nSPS) is 8.75. The molecule has 0 atom stereocenters. The summed E-state index contributed by atoms with van der Waals surface area (Å²) in [5.74, 6) is -0.201. The summed E-state index contributed by atoms with van der Waals surface area (Å²) in [7, 11) is -3.66. The van der Waals surface area contributed by atoms with Crippen LogP contribution in [0, 0.1) is 0 Å². The van der Waals surface area contributed by atoms with E-state index in [0.29, 0.717) is 0 Å². The topological polar surface area (TPSA) is 84.4 Å². The third kappa shape index (κ3) is 16.1. The molecule has 0 aromatic heterocycles. The quantitative estimate of drug-likeness (QED) is 0.301. The summed E-state index contributed by atoms with van der Waals surface area (Å²) in [4.78, 5) is 0. The fourth-order valence-corrected chi connectivity index (χ4v) is 0. The summed E-state index contributed by atoms with van der Waals surface area (Å²) < 4.78 is 26.9. The van der Waals surface area contributed by atoms with Gasteiger partial charge in [0.2, 0.25) is 0 Å². The summed E-state index contributed by atoms with van der Waals surface area (Å²) in [5, 5.41) is 0. The van der Waals surface area contributed by atoms with Crippen molar-refractivity contribution >= 4 is 10.1 Å². The van der Waals surface area contributed by atoms with E-state index < -0.39 is 10.1 Å². The van der Waals surface area contributed by atoms with Crippen molar-refractivity contribution in [3.63, 3.8) is 0 Å². The largest absolute Gasteiger partial charge is 1.00 e. The molecule has 0 saturated carbocycles. The maximum absolute atomic E-state index is 9.56. The Bertz CT molecular complexity index is 116. The monoisotopic (exact) mass is 134 g/mol. The molecule has 8 heavy (non-hydrogen) atoms. The first kappa shape index (κ1) is 15.8. The Morgan fingerprint density at radius 2 is 1.62 bits per heavy atom. The minimum absolute atomic E-state index is 0. The van der Waals surface area contributed by atoms with Gasteiger partial charge in [0.25, 0.3) is 10.1 Å². The van der Waals surface area contributed by atoms with Crippen molar-refractivity contribution in [2.24, 2.45) is 0 Å². The summed E-state index contributed by atoms with van der Waals surface area (Å²) >= 11 is 0. The van der Waals surface area contributed by atoms with E-state index in [1.165, 1.54) is 6.92 Å². The van der Waals surface area contributed by atoms with Crippen molar-refractivity contribution < 1.29 is 37.3 Å². The first-order chi connectivity index (χ1) is 2.56. The van der Waals surface area contributed by atoms with Gasteiger partial charge in [0, 0.05) is 0 Å². The summed E-state index contributed by atoms with van der Waals surface area (Å²) in [6.07, 6.45) is 0. The molecule has 0 unspecified atom stereocenters. The van der Waals surface area contributed by atoms with Gasteiger partial charge in [-0.2, -0.15) is 8.42 Å². The number of hydrogen-bond acceptors (Lipinski definition) is 3. The SMILES string of the molecule is CCS(=O)(=O)O.[Li+].[OH-]. The smallest absolute Gasteiger partial charge is 0.870 e. The predicted molar refractivity (Wildman–Crippen MR) is 24.0 cm³/mol. The molecule has 0 aromatic rings. The zero-order valence-electron chi connectivity index (χ0n) is 4.83. The fraction of sp³-hybridized carbons (Fsp3) is 1.00. The second-order valence-electron chi connectivity index (χ2n) is 0.871. The average molecular weight is 134 g/mol. The van der Waals surface area contributed by atoms with Gasteiger partial charge in [-0.1, -0.05) is 0 Å². The van der Waals surface area contributed by atoms with Crippen molar-refractivity contribution in [3.05, 3.63) is 0 Å². The van der Waals surface area contributed by atoms with Crippen LogP contribution in [0.5, 0.6) is 0 Å². The van der Waals surface area contributed by atoms with Gasteiger partial charge in [0.1, 0.15) is 0 Å². The summed E-state index contributed by atoms with van der Waals surface area (Å²) in [6, 6.07) is 0. The van der Waals surface area contributed by atoms with Crippen LogP contribution < -0.4 is 18.9 Å². The van der Waals surface area contributed by atoms with Gasteiger partial charge in [-0.05, 0) is 6.92 Å². The minimum atomic E-state index is -3.66. The van der Waals surface area contributed by atoms with Gasteiger partial charge < -0.3 is 5.48 Å². The zero-order chi connectivity index (χ0) is 5.21. The molecule has 4 nitrogen and oxygen atoms in total. The predicted octanol–water partition coefficient (Wildman–Crippen LogP) is -3.28. The number of hydrogen-bond donors (Lipinski definition) is 1. The molecule has 0 heterocycles. The molecular weight excluding hydrogens is 127 g/mol. The van der Waals surface area contributed by atoms with Crippen LogP contribution in [0.4, 0.5) is 0 Å². The van der Waals surface area contributed by atoms with Crippen molar-refractivity contribution in [3.8, 4) is 0 Å². The van der Waals surface area contributed by atoms with Crippen LogP contribution >= 0.6 is 0 Å². The van der Waals surface area contributed by atoms with E-state index in [-0.39, 0.29) is 30.1 Å². The molecular formula is C2H7LiO4S. The van der Waals surface area contributed by atoms with Gasteiger partial charge >= 0.3 is 18.9 Å². The molecule has 0 saturated heterocycles. The third-order valence-electron chi connectivity index (χ3n) is 0.365. The van der Waals surface area contributed by atoms with Gasteiger partial charge in [-0.3, -0.25) is 4.55 Å². The van der Waals surface area contributed by atoms with Crippen molar-refractivity contribution in [1.82, 2.24) is 0 Å². The Kier molecular flexibility index (Phi) is 11.1. The van der Waals surface area contributed by atoms with E-state index >= 15 is 0 Å². The number of rotatable bonds is 1. The van der Waals surface area contributed by atoms with Gasteiger partial charge in [0.15, 0.2) is 0 Å². The molecule has 0 amide bonds. The van der Waals surface area contributed by atoms with Gasteiger partial charge in [-0.25, -0.2) is 0 Å². The molecule has 6 heteroatoms. The average Bonchev–Trinajstić information content (AvgIpc) is 1.35. The second-order valence-corrected chi connectivity index (χ2v) is 2.61. The van der Waals surface area contributed by atoms with Gasteiger partial charge in [0.05, 0.1) is 5.75 Å². The Morgan fingerprint density at radius 3 is 1.62 bits per heavy atom. The van der Waals surface area contributed by atoms with Crippen LogP contribution in [0.15, 0.2) is 0 Å². The van der Waals surface area contributed by atoms with Crippen LogP contribution in [0.2, 0.25) is 0 Å². The van der Waals surface area contributed by atoms with E-state index in [0.717, 1.165) is 0 Å². The summed E-state index contributed by atoms with van der Waals surface area (Å²) in [5.41, 5.74) is 0. The molecule has 0 rings (SSSR count). The Morgan fingerprint density at radius 1 is 1.50 bits per heavy atom. The standard InChI is InChI=1S/C2H6O3S.Li.H2O/c1-2-6(3,4)5;;/h2H2,1H3,(H,3,4,5);;1H2/q;+1;/p-1. The molecule has 0 fully saturated rings. The van der Waals surface area contributed by atoms with Crippen molar-refractivity contribution in [2.75, 3.05) is 5.75 Å². The van der Waals surface area contributed by atoms with Gasteiger partial charge in [-0.15, -0.1) is 0 Å². The van der Waals surface area contributed by atoms with Crippen molar-refractivity contribution in [2.45, 2.75) is 6.92 Å². The Balaban J connectivity index is -0.000000125. The first-order valence-electron chi connectivity index (χ1n) is 1.51. The molecule has 0 aliphatic heterocycles. The Labute approximate surface area is 60.5 Å². The van der Waals surface area contributed by atoms with Crippen LogP contribution in [-0.4, -0.2) is 24.2 Å². The molecule has 0 aromatic carbocycles. The van der Waals surface area contributed by atoms with Crippen LogP contribution in [0.3, 0.4) is 0 Å². The molecule has 0 radical (unpaired) electrons. The zero-order valence-corrected chi connectivity index (χ0v) is 5.64. The van der Waals surface area contributed by atoms with E-state index in [1.807, 2.05) is 0 Å². The summed E-state index contributed by atoms with van der Waals surface area (Å²) in [6.45, 7) is 1.37. The van der Waals surface area contributed by atoms with Crippen molar-refractivity contribution in [1.29, 1.82) is 0 Å². The van der Waals surface area contributed by atoms with Crippen LogP contribution in [0.25, 0.3) is 0 Å². The molecule has 46 valence electrons. The van der Waals surface area contributed by atoms with Crippen LogP contribution in [0.1, 0.15) is 6.92 Å². The molecule has 0 spiro atoms. The molecule has 2 N–H and O–H groups in total. The van der Waals surface area contributed by atoms with E-state index in [9.17, 15) is 8.42 Å². The van der Waals surface area contributed by atoms with E-state index in [2.05, 4.69) is 0 Å². The maximum atomic E-state index is 9.56. The molecule has 0 aliphatic rings. The van der Waals surface area contributed by atoms with E-state index in [4.69, 9.17) is 4.55 Å². The Hall–Kier alpha value is 0.467. The van der Waals surface area contributed by atoms with Crippen LogP contribution in [-0.2, 0) is 10.1 Å². The third-order valence-corrected chi connectivity index (χ3v) is 1.09. The molecule has 0 aliphatic carbocycles. The molecule has 0 bridgehead atoms. The maximum Gasteiger partial charge on any atom is 1.00 e. The second kappa shape index (κ2) is 5.60. The first-order valence-corrected chi connectivity index (χ1v) is 3.12. The van der Waals surface area contributed by atoms with E-state index in [1.54, 1.807) is 0 Å². The fourth-order valence-electron chi connectivity index (χ4n) is 0.